The van der Waals surface area contributed by atoms with Crippen molar-refractivity contribution in [1.82, 2.24) is 19.7 Å². The predicted octanol–water partition coefficient (Wildman–Crippen LogP) is 4.78. The van der Waals surface area contributed by atoms with E-state index in [2.05, 4.69) is 53.1 Å². The molecule has 0 unspecified atom stereocenters. The lowest BCUT2D eigenvalue weighted by Gasteiger charge is -2.08. The van der Waals surface area contributed by atoms with Crippen molar-refractivity contribution >= 4 is 38.3 Å². The van der Waals surface area contributed by atoms with E-state index in [1.165, 1.54) is 0 Å². The second-order valence-electron chi connectivity index (χ2n) is 5.69. The van der Waals surface area contributed by atoms with E-state index in [1.54, 1.807) is 0 Å². The van der Waals surface area contributed by atoms with Gasteiger partial charge in [-0.3, -0.25) is 5.10 Å². The Balaban J connectivity index is 1.71. The van der Waals surface area contributed by atoms with Gasteiger partial charge in [0.15, 0.2) is 5.82 Å². The first kappa shape index (κ1) is 15.0. The molecule has 0 saturated carbocycles. The Hall–Kier alpha value is -2.60. The Morgan fingerprint density at radius 2 is 2.00 bits per heavy atom. The molecule has 0 saturated heterocycles. The van der Waals surface area contributed by atoms with Gasteiger partial charge in [0.25, 0.3) is 0 Å². The number of anilines is 2. The topological polar surface area (TPSA) is 58.5 Å². The summed E-state index contributed by atoms with van der Waals surface area (Å²) < 4.78 is 3.08. The number of rotatable bonds is 3. The predicted molar refractivity (Wildman–Crippen MR) is 100 cm³/mol. The third-order valence-corrected chi connectivity index (χ3v) is 4.85. The van der Waals surface area contributed by atoms with Crippen molar-refractivity contribution in [2.45, 2.75) is 6.92 Å². The number of aromatic amines is 1. The lowest BCUT2D eigenvalue weighted by Crippen LogP contribution is -1.95. The van der Waals surface area contributed by atoms with E-state index in [9.17, 15) is 0 Å². The van der Waals surface area contributed by atoms with Crippen LogP contribution in [0.5, 0.6) is 0 Å². The van der Waals surface area contributed by atoms with Crippen LogP contribution >= 0.6 is 15.9 Å². The third kappa shape index (κ3) is 2.49. The Labute approximate surface area is 147 Å². The van der Waals surface area contributed by atoms with Gasteiger partial charge >= 0.3 is 0 Å². The molecular weight excluding hydrogens is 366 g/mol. The molecule has 0 spiro atoms. The van der Waals surface area contributed by atoms with Gasteiger partial charge in [0, 0.05) is 28.2 Å². The summed E-state index contributed by atoms with van der Waals surface area (Å²) in [5.74, 6) is 1.80. The number of nitrogens with one attached hydrogen (secondary N) is 2. The first-order valence-corrected chi connectivity index (χ1v) is 8.41. The molecule has 2 N–H and O–H groups in total. The van der Waals surface area contributed by atoms with Crippen LogP contribution in [0.3, 0.4) is 0 Å². The molecule has 0 aliphatic rings. The Morgan fingerprint density at radius 3 is 2.79 bits per heavy atom. The molecule has 24 heavy (non-hydrogen) atoms. The summed E-state index contributed by atoms with van der Waals surface area (Å²) in [4.78, 5) is 4.37. The average Bonchev–Trinajstić information content (AvgIpc) is 3.14. The molecule has 0 radical (unpaired) electrons. The Kier molecular flexibility index (Phi) is 3.61. The molecule has 120 valence electrons. The van der Waals surface area contributed by atoms with Gasteiger partial charge in [0.2, 0.25) is 0 Å². The van der Waals surface area contributed by atoms with Gasteiger partial charge in [0.05, 0.1) is 17.4 Å². The lowest BCUT2D eigenvalue weighted by molar-refractivity contribution is 0.865. The molecule has 2 aromatic carbocycles. The van der Waals surface area contributed by atoms with E-state index in [0.717, 1.165) is 44.0 Å². The van der Waals surface area contributed by atoms with Crippen LogP contribution in [0.25, 0.3) is 22.2 Å². The standard InChI is InChI=1S/C18H16BrN5/c1-11-20-10-16(24(11)2)12-5-3-6-13(9-12)21-18-14-7-4-8-15(19)17(14)22-23-18/h3-10H,1-2H3,(H2,21,22,23). The Morgan fingerprint density at radius 1 is 1.17 bits per heavy atom. The fourth-order valence-electron chi connectivity index (χ4n) is 2.77. The number of imidazole rings is 1. The van der Waals surface area contributed by atoms with E-state index in [1.807, 2.05) is 50.5 Å². The second kappa shape index (κ2) is 5.79. The van der Waals surface area contributed by atoms with Gasteiger partial charge in [-0.05, 0) is 47.1 Å². The molecule has 0 fully saturated rings. The number of para-hydroxylation sites is 1. The molecule has 0 aliphatic heterocycles. The third-order valence-electron chi connectivity index (χ3n) is 4.19. The number of hydrogen-bond acceptors (Lipinski definition) is 3. The molecule has 2 heterocycles. The van der Waals surface area contributed by atoms with Crippen LogP contribution in [-0.4, -0.2) is 19.7 Å². The molecule has 4 aromatic rings. The van der Waals surface area contributed by atoms with Crippen LogP contribution in [0.1, 0.15) is 5.82 Å². The summed E-state index contributed by atoms with van der Waals surface area (Å²) in [5, 5.41) is 11.9. The number of benzene rings is 2. The normalized spacial score (nSPS) is 11.1. The first-order valence-electron chi connectivity index (χ1n) is 7.62. The van der Waals surface area contributed by atoms with Gasteiger partial charge < -0.3 is 9.88 Å². The van der Waals surface area contributed by atoms with Crippen molar-refractivity contribution < 1.29 is 0 Å². The van der Waals surface area contributed by atoms with Crippen LogP contribution in [0.2, 0.25) is 0 Å². The summed E-state index contributed by atoms with van der Waals surface area (Å²) in [6.45, 7) is 2.00. The van der Waals surface area contributed by atoms with Crippen LogP contribution in [0.4, 0.5) is 11.5 Å². The summed E-state index contributed by atoms with van der Waals surface area (Å²) in [6.07, 6.45) is 1.90. The minimum Gasteiger partial charge on any atom is -0.338 e. The number of nitrogens with zero attached hydrogens (tertiary/aromatic N) is 3. The van der Waals surface area contributed by atoms with Gasteiger partial charge in [-0.1, -0.05) is 18.2 Å². The molecule has 0 bridgehead atoms. The average molecular weight is 382 g/mol. The maximum absolute atomic E-state index is 4.39. The van der Waals surface area contributed by atoms with Crippen LogP contribution < -0.4 is 5.32 Å². The van der Waals surface area contributed by atoms with Crippen LogP contribution in [0.15, 0.2) is 53.1 Å². The summed E-state index contributed by atoms with van der Waals surface area (Å²) in [5.41, 5.74) is 4.17. The fourth-order valence-corrected chi connectivity index (χ4v) is 3.22. The van der Waals surface area contributed by atoms with E-state index < -0.39 is 0 Å². The van der Waals surface area contributed by atoms with E-state index in [-0.39, 0.29) is 0 Å². The zero-order valence-corrected chi connectivity index (χ0v) is 14.9. The van der Waals surface area contributed by atoms with Gasteiger partial charge in [-0.15, -0.1) is 0 Å². The number of H-pyrrole nitrogens is 1. The first-order chi connectivity index (χ1) is 11.6. The van der Waals surface area contributed by atoms with E-state index in [0.29, 0.717) is 0 Å². The second-order valence-corrected chi connectivity index (χ2v) is 6.54. The van der Waals surface area contributed by atoms with E-state index in [4.69, 9.17) is 0 Å². The number of halogens is 1. The smallest absolute Gasteiger partial charge is 0.160 e. The molecule has 0 atom stereocenters. The highest BCUT2D eigenvalue weighted by atomic mass is 79.9. The largest absolute Gasteiger partial charge is 0.338 e. The molecule has 0 amide bonds. The van der Waals surface area contributed by atoms with Gasteiger partial charge in [-0.2, -0.15) is 5.10 Å². The highest BCUT2D eigenvalue weighted by Crippen LogP contribution is 2.30. The van der Waals surface area contributed by atoms with Crippen molar-refractivity contribution in [2.24, 2.45) is 7.05 Å². The quantitative estimate of drug-likeness (QED) is 0.536. The van der Waals surface area contributed by atoms with Crippen LogP contribution in [-0.2, 0) is 7.05 Å². The van der Waals surface area contributed by atoms with Crippen molar-refractivity contribution in [2.75, 3.05) is 5.32 Å². The molecule has 2 aromatic heterocycles. The highest BCUT2D eigenvalue weighted by molar-refractivity contribution is 9.10. The fraction of sp³-hybridized carbons (Fsp3) is 0.111. The summed E-state index contributed by atoms with van der Waals surface area (Å²) in [7, 11) is 2.02. The maximum Gasteiger partial charge on any atom is 0.160 e. The minimum atomic E-state index is 0.810. The van der Waals surface area contributed by atoms with Crippen molar-refractivity contribution in [3.8, 4) is 11.3 Å². The van der Waals surface area contributed by atoms with E-state index >= 15 is 0 Å². The lowest BCUT2D eigenvalue weighted by atomic mass is 10.1. The van der Waals surface area contributed by atoms with Crippen molar-refractivity contribution in [1.29, 1.82) is 0 Å². The van der Waals surface area contributed by atoms with Crippen LogP contribution in [0, 0.1) is 6.92 Å². The number of fused-ring (bicyclic) bond motifs is 1. The SMILES string of the molecule is Cc1ncc(-c2cccc(Nc3n[nH]c4c(Br)cccc34)c2)n1C. The summed E-state index contributed by atoms with van der Waals surface area (Å²) in [6, 6.07) is 14.3. The number of aryl methyl sites for hydroxylation is 1. The summed E-state index contributed by atoms with van der Waals surface area (Å²) >= 11 is 3.54. The van der Waals surface area contributed by atoms with Crippen molar-refractivity contribution in [3.63, 3.8) is 0 Å². The molecule has 4 rings (SSSR count). The van der Waals surface area contributed by atoms with Gasteiger partial charge in [-0.25, -0.2) is 4.98 Å². The molecule has 5 nitrogen and oxygen atoms in total. The van der Waals surface area contributed by atoms with Crippen molar-refractivity contribution in [3.05, 3.63) is 59.0 Å². The number of hydrogen-bond donors (Lipinski definition) is 2. The molecule has 0 aliphatic carbocycles. The monoisotopic (exact) mass is 381 g/mol. The molecular formula is C18H16BrN5. The highest BCUT2D eigenvalue weighted by Gasteiger charge is 2.10. The number of aromatic nitrogens is 4. The molecule has 6 heteroatoms. The van der Waals surface area contributed by atoms with Gasteiger partial charge in [0.1, 0.15) is 5.82 Å². The minimum absolute atomic E-state index is 0.810. The Bertz CT molecular complexity index is 1030. The zero-order valence-electron chi connectivity index (χ0n) is 13.3. The maximum atomic E-state index is 4.39. The zero-order chi connectivity index (χ0) is 16.7.